The van der Waals surface area contributed by atoms with Crippen molar-refractivity contribution < 1.29 is 56.9 Å². The highest BCUT2D eigenvalue weighted by Crippen LogP contribution is 2.50. The molecule has 0 rings (SSSR count). The fourth-order valence-corrected chi connectivity index (χ4v) is 1.83. The summed E-state index contributed by atoms with van der Waals surface area (Å²) >= 11 is 0. The van der Waals surface area contributed by atoms with Crippen molar-refractivity contribution in [3.8, 4) is 0 Å². The van der Waals surface area contributed by atoms with E-state index in [9.17, 15) is 56.9 Å². The molecule has 148 valence electrons. The van der Waals surface area contributed by atoms with Crippen LogP contribution in [-0.2, 0) is 10.1 Å². The normalized spacial score (nSPS) is 15.8. The Labute approximate surface area is 129 Å². The van der Waals surface area contributed by atoms with Crippen LogP contribution in [0.3, 0.4) is 0 Å². The summed E-state index contributed by atoms with van der Waals surface area (Å²) in [5.41, 5.74) is 0. The molecule has 0 heterocycles. The minimum Gasteiger partial charge on any atom is -0.743 e. The molecule has 0 saturated heterocycles. The van der Waals surface area contributed by atoms with Gasteiger partial charge in [0.25, 0.3) is 0 Å². The number of alkyl halides is 10. The molecule has 0 bridgehead atoms. The summed E-state index contributed by atoms with van der Waals surface area (Å²) < 4.78 is 155. The predicted molar refractivity (Wildman–Crippen MR) is 59.9 cm³/mol. The monoisotopic (exact) mass is 405 g/mol. The number of hydrogen-bond donors (Lipinski definition) is 1. The summed E-state index contributed by atoms with van der Waals surface area (Å²) in [5, 5.41) is -6.81. The Hall–Kier alpha value is -0.830. The van der Waals surface area contributed by atoms with Gasteiger partial charge >= 0.3 is 23.3 Å². The zero-order valence-electron chi connectivity index (χ0n) is 11.8. The molecule has 0 fully saturated rings. The van der Waals surface area contributed by atoms with Crippen molar-refractivity contribution in [3.63, 3.8) is 0 Å². The number of halogens is 10. The van der Waals surface area contributed by atoms with Crippen molar-refractivity contribution in [1.82, 2.24) is 6.15 Å². The third-order valence-electron chi connectivity index (χ3n) is 2.66. The van der Waals surface area contributed by atoms with Gasteiger partial charge in [-0.3, -0.25) is 0 Å². The molecule has 15 heteroatoms. The maximum absolute atomic E-state index is 13.1. The van der Waals surface area contributed by atoms with E-state index in [4.69, 9.17) is 0 Å². The Balaban J connectivity index is 0. The summed E-state index contributed by atoms with van der Waals surface area (Å²) in [5.74, 6) is -13.2. The fraction of sp³-hybridized carbons (Fsp3) is 1.00. The fourth-order valence-electron chi connectivity index (χ4n) is 1.38. The predicted octanol–water partition coefficient (Wildman–Crippen LogP) is 4.23. The Morgan fingerprint density at radius 3 is 1.62 bits per heavy atom. The first-order chi connectivity index (χ1) is 9.88. The van der Waals surface area contributed by atoms with Gasteiger partial charge in [0.15, 0.2) is 16.3 Å². The lowest BCUT2D eigenvalue weighted by molar-refractivity contribution is -0.300. The molecule has 0 radical (unpaired) electrons. The molecular weight excluding hydrogens is 392 g/mol. The molecule has 0 saturated carbocycles. The second-order valence-electron chi connectivity index (χ2n) is 4.50. The summed E-state index contributed by atoms with van der Waals surface area (Å²) in [4.78, 5) is 0. The minimum atomic E-state index is -7.25. The van der Waals surface area contributed by atoms with E-state index in [2.05, 4.69) is 0 Å². The van der Waals surface area contributed by atoms with E-state index in [1.807, 2.05) is 0 Å². The van der Waals surface area contributed by atoms with Gasteiger partial charge in [-0.2, -0.15) is 39.5 Å². The van der Waals surface area contributed by atoms with Crippen LogP contribution in [-0.4, -0.2) is 42.4 Å². The molecule has 1 atom stereocenters. The van der Waals surface area contributed by atoms with Crippen LogP contribution in [0.4, 0.5) is 43.9 Å². The molecule has 4 nitrogen and oxygen atoms in total. The second kappa shape index (κ2) is 7.59. The van der Waals surface area contributed by atoms with Crippen LogP contribution >= 0.6 is 0 Å². The highest BCUT2D eigenvalue weighted by Gasteiger charge is 2.77. The van der Waals surface area contributed by atoms with Gasteiger partial charge in [0.05, 0.1) is 0 Å². The second-order valence-corrected chi connectivity index (χ2v) is 5.92. The Morgan fingerprint density at radius 2 is 1.29 bits per heavy atom. The lowest BCUT2D eigenvalue weighted by Crippen LogP contribution is -2.61. The maximum atomic E-state index is 13.1. The van der Waals surface area contributed by atoms with E-state index < -0.39 is 65.2 Å². The average molecular weight is 405 g/mol. The first-order valence-corrected chi connectivity index (χ1v) is 7.08. The van der Waals surface area contributed by atoms with Crippen LogP contribution in [0, 0.1) is 0 Å². The van der Waals surface area contributed by atoms with Crippen LogP contribution in [0.25, 0.3) is 0 Å². The smallest absolute Gasteiger partial charge is 0.402 e. The van der Waals surface area contributed by atoms with Gasteiger partial charge in [0.2, 0.25) is 0 Å². The summed E-state index contributed by atoms with van der Waals surface area (Å²) in [6.07, 6.45) is -14.0. The van der Waals surface area contributed by atoms with Crippen LogP contribution in [0.2, 0.25) is 0 Å². The Morgan fingerprint density at radius 1 is 0.875 bits per heavy atom. The van der Waals surface area contributed by atoms with Gasteiger partial charge in [0, 0.05) is 6.42 Å². The van der Waals surface area contributed by atoms with E-state index in [1.165, 1.54) is 0 Å². The highest BCUT2D eigenvalue weighted by molar-refractivity contribution is 7.86. The van der Waals surface area contributed by atoms with Crippen molar-refractivity contribution >= 4 is 10.1 Å². The molecule has 0 aromatic heterocycles. The number of hydrogen-bond acceptors (Lipinski definition) is 3. The molecule has 0 aliphatic carbocycles. The third-order valence-corrected chi connectivity index (χ3v) is 3.54. The molecule has 0 spiro atoms. The quantitative estimate of drug-likeness (QED) is 0.372. The zero-order valence-corrected chi connectivity index (χ0v) is 12.6. The van der Waals surface area contributed by atoms with E-state index in [0.717, 1.165) is 0 Å². The summed E-state index contributed by atoms with van der Waals surface area (Å²) in [6.45, 7) is 0. The van der Waals surface area contributed by atoms with Gasteiger partial charge in [-0.25, -0.2) is 12.8 Å². The lowest BCUT2D eigenvalue weighted by Gasteiger charge is -2.35. The number of unbranched alkanes of at least 4 members (excludes halogenated alkanes) is 1. The van der Waals surface area contributed by atoms with Gasteiger partial charge in [-0.15, -0.1) is 0 Å². The number of rotatable bonds is 8. The molecule has 24 heavy (non-hydrogen) atoms. The van der Waals surface area contributed by atoms with E-state index >= 15 is 0 Å². The molecule has 1 unspecified atom stereocenters. The van der Waals surface area contributed by atoms with Crippen molar-refractivity contribution in [3.05, 3.63) is 0 Å². The van der Waals surface area contributed by atoms with Gasteiger partial charge in [0.1, 0.15) is 0 Å². The molecule has 4 N–H and O–H groups in total. The first-order valence-electron chi connectivity index (χ1n) is 5.67. The molecule has 0 aromatic rings. The largest absolute Gasteiger partial charge is 0.743 e. The van der Waals surface area contributed by atoms with Crippen LogP contribution in [0.5, 0.6) is 0 Å². The van der Waals surface area contributed by atoms with Crippen molar-refractivity contribution in [2.24, 2.45) is 0 Å². The van der Waals surface area contributed by atoms with Crippen molar-refractivity contribution in [2.75, 3.05) is 0 Å². The molecule has 0 aromatic carbocycles. The lowest BCUT2D eigenvalue weighted by atomic mass is 10.0. The van der Waals surface area contributed by atoms with E-state index in [0.29, 0.717) is 0 Å². The molecule has 0 aliphatic heterocycles. The number of quaternary nitrogens is 1. The average Bonchev–Trinajstić information content (AvgIpc) is 2.31. The van der Waals surface area contributed by atoms with Crippen molar-refractivity contribution in [1.29, 1.82) is 0 Å². The van der Waals surface area contributed by atoms with Crippen LogP contribution in [0.15, 0.2) is 0 Å². The van der Waals surface area contributed by atoms with Crippen LogP contribution < -0.4 is 6.15 Å². The van der Waals surface area contributed by atoms with Gasteiger partial charge < -0.3 is 10.7 Å². The molecule has 0 amide bonds. The standard InChI is InChI=1S/C9H10F10O3S.H3N/c10-5(3-1-2-4-6(11,12)13)7(14,15)8(16,17)9(18,19)23(20,21)22;/h5H,1-4H2,(H,20,21,22);1H3. The minimum absolute atomic E-state index is 0. The maximum Gasteiger partial charge on any atom is 0.402 e. The summed E-state index contributed by atoms with van der Waals surface area (Å²) in [6, 6.07) is 0. The molecule has 0 aliphatic rings. The third kappa shape index (κ3) is 5.34. The Bertz CT molecular complexity index is 504. The highest BCUT2D eigenvalue weighted by atomic mass is 32.2. The van der Waals surface area contributed by atoms with Gasteiger partial charge in [-0.1, -0.05) is 0 Å². The van der Waals surface area contributed by atoms with E-state index in [1.54, 1.807) is 0 Å². The summed E-state index contributed by atoms with van der Waals surface area (Å²) in [7, 11) is -7.25. The topological polar surface area (TPSA) is 93.7 Å². The first kappa shape index (κ1) is 25.4. The van der Waals surface area contributed by atoms with Crippen molar-refractivity contribution in [2.45, 2.75) is 55.1 Å². The van der Waals surface area contributed by atoms with Crippen LogP contribution in [0.1, 0.15) is 25.7 Å². The van der Waals surface area contributed by atoms with E-state index in [-0.39, 0.29) is 6.15 Å². The van der Waals surface area contributed by atoms with Gasteiger partial charge in [-0.05, 0) is 19.3 Å². The Kier molecular flexibility index (Phi) is 8.04. The molecular formula is C9H13F10NO3S. The zero-order chi connectivity index (χ0) is 18.9. The SMILES string of the molecule is O=S(=O)([O-])C(F)(F)C(F)(F)C(F)(F)C(F)CCCCC(F)(F)F.[NH4+].